The maximum Gasteiger partial charge on any atom is 0.246 e. The second-order valence-electron chi connectivity index (χ2n) is 5.44. The number of halogens is 1. The Morgan fingerprint density at radius 3 is 2.42 bits per heavy atom. The number of amides is 2. The van der Waals surface area contributed by atoms with Crippen LogP contribution in [0.2, 0.25) is 0 Å². The summed E-state index contributed by atoms with van der Waals surface area (Å²) in [5, 5.41) is 5.45. The number of rotatable bonds is 3. The number of hydrogen-bond donors (Lipinski definition) is 2. The average Bonchev–Trinajstić information content (AvgIpc) is 2.27. The topological polar surface area (TPSA) is 58.2 Å². The number of carbonyl (C=O) groups excluding carboxylic acids is 2. The number of hydrogen-bond acceptors (Lipinski definition) is 2. The highest BCUT2D eigenvalue weighted by molar-refractivity contribution is 9.10. The molecule has 1 atom stereocenters. The molecular weight excluding hydrogens is 308 g/mol. The van der Waals surface area contributed by atoms with Gasteiger partial charge in [0.25, 0.3) is 0 Å². The molecule has 4 nitrogen and oxygen atoms in total. The largest absolute Gasteiger partial charge is 0.344 e. The van der Waals surface area contributed by atoms with Crippen LogP contribution in [-0.4, -0.2) is 17.9 Å². The molecule has 5 heteroatoms. The van der Waals surface area contributed by atoms with Crippen LogP contribution in [0.25, 0.3) is 0 Å². The van der Waals surface area contributed by atoms with Crippen molar-refractivity contribution in [3.05, 3.63) is 28.7 Å². The van der Waals surface area contributed by atoms with E-state index >= 15 is 0 Å². The molecule has 1 rings (SSSR count). The van der Waals surface area contributed by atoms with E-state index in [0.717, 1.165) is 4.47 Å². The summed E-state index contributed by atoms with van der Waals surface area (Å²) >= 11 is 3.33. The van der Waals surface area contributed by atoms with E-state index in [0.29, 0.717) is 5.69 Å². The standard InChI is InChI=1S/C14H19BrN2O2/c1-9(16-13(19)14(2,3)4)12(18)17-11-7-5-6-10(15)8-11/h5-9H,1-4H3,(H,16,19)(H,17,18). The maximum absolute atomic E-state index is 11.9. The first-order valence-electron chi connectivity index (χ1n) is 6.07. The highest BCUT2D eigenvalue weighted by Crippen LogP contribution is 2.16. The van der Waals surface area contributed by atoms with E-state index in [1.54, 1.807) is 39.8 Å². The van der Waals surface area contributed by atoms with Gasteiger partial charge in [0.2, 0.25) is 11.8 Å². The summed E-state index contributed by atoms with van der Waals surface area (Å²) in [4.78, 5) is 23.7. The van der Waals surface area contributed by atoms with E-state index in [1.165, 1.54) is 0 Å². The molecule has 0 bridgehead atoms. The van der Waals surface area contributed by atoms with E-state index in [9.17, 15) is 9.59 Å². The summed E-state index contributed by atoms with van der Waals surface area (Å²) in [5.74, 6) is -0.389. The molecule has 0 spiro atoms. The second kappa shape index (κ2) is 6.19. The fraction of sp³-hybridized carbons (Fsp3) is 0.429. The Bertz CT molecular complexity index is 481. The van der Waals surface area contributed by atoms with Gasteiger partial charge >= 0.3 is 0 Å². The molecule has 1 unspecified atom stereocenters. The average molecular weight is 327 g/mol. The van der Waals surface area contributed by atoms with Gasteiger partial charge in [0.1, 0.15) is 6.04 Å². The predicted molar refractivity (Wildman–Crippen MR) is 79.8 cm³/mol. The minimum Gasteiger partial charge on any atom is -0.344 e. The minimum atomic E-state index is -0.578. The quantitative estimate of drug-likeness (QED) is 0.897. The monoisotopic (exact) mass is 326 g/mol. The van der Waals surface area contributed by atoms with Crippen molar-refractivity contribution in [2.45, 2.75) is 33.7 Å². The lowest BCUT2D eigenvalue weighted by atomic mass is 9.95. The van der Waals surface area contributed by atoms with Gasteiger partial charge in [0.05, 0.1) is 0 Å². The number of anilines is 1. The third-order valence-corrected chi connectivity index (χ3v) is 3.01. The summed E-state index contributed by atoms with van der Waals surface area (Å²) in [5.41, 5.74) is 0.181. The molecule has 0 aliphatic carbocycles. The number of carbonyl (C=O) groups is 2. The molecule has 2 N–H and O–H groups in total. The van der Waals surface area contributed by atoms with Crippen LogP contribution in [0.15, 0.2) is 28.7 Å². The Kier molecular flexibility index (Phi) is 5.11. The zero-order valence-corrected chi connectivity index (χ0v) is 13.2. The highest BCUT2D eigenvalue weighted by Gasteiger charge is 2.25. The Labute approximate surface area is 122 Å². The van der Waals surface area contributed by atoms with Crippen molar-refractivity contribution >= 4 is 33.4 Å². The fourth-order valence-electron chi connectivity index (χ4n) is 1.30. The molecule has 1 aromatic carbocycles. The van der Waals surface area contributed by atoms with Gasteiger partial charge in [-0.3, -0.25) is 9.59 Å². The van der Waals surface area contributed by atoms with Crippen LogP contribution in [-0.2, 0) is 9.59 Å². The van der Waals surface area contributed by atoms with E-state index in [1.807, 2.05) is 12.1 Å². The first kappa shape index (κ1) is 15.7. The van der Waals surface area contributed by atoms with Gasteiger partial charge in [-0.15, -0.1) is 0 Å². The molecule has 0 fully saturated rings. The summed E-state index contributed by atoms with van der Waals surface area (Å²) in [7, 11) is 0. The van der Waals surface area contributed by atoms with E-state index in [2.05, 4.69) is 26.6 Å². The van der Waals surface area contributed by atoms with E-state index in [4.69, 9.17) is 0 Å². The van der Waals surface area contributed by atoms with Crippen LogP contribution >= 0.6 is 15.9 Å². The molecule has 0 saturated carbocycles. The fourth-order valence-corrected chi connectivity index (χ4v) is 1.69. The lowest BCUT2D eigenvalue weighted by Gasteiger charge is -2.21. The number of benzene rings is 1. The van der Waals surface area contributed by atoms with Crippen LogP contribution in [0.1, 0.15) is 27.7 Å². The summed E-state index contributed by atoms with van der Waals surface area (Å²) < 4.78 is 0.886. The van der Waals surface area contributed by atoms with Crippen molar-refractivity contribution in [1.82, 2.24) is 5.32 Å². The van der Waals surface area contributed by atoms with Gasteiger partial charge in [0, 0.05) is 15.6 Å². The molecule has 0 radical (unpaired) electrons. The van der Waals surface area contributed by atoms with Crippen LogP contribution < -0.4 is 10.6 Å². The molecule has 104 valence electrons. The molecular formula is C14H19BrN2O2. The van der Waals surface area contributed by atoms with Crippen molar-refractivity contribution in [3.63, 3.8) is 0 Å². The Balaban J connectivity index is 2.61. The Morgan fingerprint density at radius 1 is 1.26 bits per heavy atom. The van der Waals surface area contributed by atoms with Gasteiger partial charge in [0.15, 0.2) is 0 Å². The normalized spacial score (nSPS) is 12.7. The molecule has 0 heterocycles. The molecule has 0 aromatic heterocycles. The molecule has 0 saturated heterocycles. The van der Waals surface area contributed by atoms with Crippen molar-refractivity contribution in [1.29, 1.82) is 0 Å². The third-order valence-electron chi connectivity index (χ3n) is 2.51. The van der Waals surface area contributed by atoms with Crippen molar-refractivity contribution in [3.8, 4) is 0 Å². The summed E-state index contributed by atoms with van der Waals surface area (Å²) in [6.45, 7) is 7.08. The van der Waals surface area contributed by atoms with Crippen LogP contribution in [0.4, 0.5) is 5.69 Å². The zero-order chi connectivity index (χ0) is 14.6. The maximum atomic E-state index is 11.9. The van der Waals surface area contributed by atoms with Gasteiger partial charge in [-0.25, -0.2) is 0 Å². The summed E-state index contributed by atoms with van der Waals surface area (Å²) in [6.07, 6.45) is 0. The lowest BCUT2D eigenvalue weighted by molar-refractivity contribution is -0.131. The smallest absolute Gasteiger partial charge is 0.246 e. The van der Waals surface area contributed by atoms with Crippen LogP contribution in [0.3, 0.4) is 0 Å². The Morgan fingerprint density at radius 2 is 1.89 bits per heavy atom. The van der Waals surface area contributed by atoms with Crippen LogP contribution in [0, 0.1) is 5.41 Å². The van der Waals surface area contributed by atoms with Gasteiger partial charge in [-0.05, 0) is 25.1 Å². The van der Waals surface area contributed by atoms with Crippen molar-refractivity contribution in [2.24, 2.45) is 5.41 Å². The first-order valence-corrected chi connectivity index (χ1v) is 6.87. The van der Waals surface area contributed by atoms with Crippen molar-refractivity contribution in [2.75, 3.05) is 5.32 Å². The Hall–Kier alpha value is -1.36. The highest BCUT2D eigenvalue weighted by atomic mass is 79.9. The lowest BCUT2D eigenvalue weighted by Crippen LogP contribution is -2.46. The van der Waals surface area contributed by atoms with Crippen LogP contribution in [0.5, 0.6) is 0 Å². The van der Waals surface area contributed by atoms with Crippen molar-refractivity contribution < 1.29 is 9.59 Å². The predicted octanol–water partition coefficient (Wildman–Crippen LogP) is 2.94. The number of nitrogens with one attached hydrogen (secondary N) is 2. The molecule has 0 aliphatic rings. The van der Waals surface area contributed by atoms with E-state index < -0.39 is 11.5 Å². The molecule has 1 aromatic rings. The first-order chi connectivity index (χ1) is 8.70. The van der Waals surface area contributed by atoms with Gasteiger partial charge in [-0.1, -0.05) is 42.8 Å². The second-order valence-corrected chi connectivity index (χ2v) is 6.36. The SMILES string of the molecule is CC(NC(=O)C(C)(C)C)C(=O)Nc1cccc(Br)c1. The van der Waals surface area contributed by atoms with Gasteiger partial charge < -0.3 is 10.6 Å². The molecule has 2 amide bonds. The van der Waals surface area contributed by atoms with E-state index in [-0.39, 0.29) is 11.8 Å². The van der Waals surface area contributed by atoms with Gasteiger partial charge in [-0.2, -0.15) is 0 Å². The zero-order valence-electron chi connectivity index (χ0n) is 11.6. The third kappa shape index (κ3) is 5.03. The minimum absolute atomic E-state index is 0.149. The molecule has 0 aliphatic heterocycles. The molecule has 19 heavy (non-hydrogen) atoms. The summed E-state index contributed by atoms with van der Waals surface area (Å²) in [6, 6.07) is 6.72.